The molecule has 5 rings (SSSR count). The number of hydrogen-bond donors (Lipinski definition) is 1. The lowest BCUT2D eigenvalue weighted by atomic mass is 9.93. The van der Waals surface area contributed by atoms with Crippen LogP contribution in [0, 0.1) is 18.6 Å². The SMILES string of the molecule is Cc1c(C=CCN2CCN3c4cc(F)cc(F)c4CCC3C2)cnn1-c1cc(N(C)C)nc(N)n1. The molecule has 0 bridgehead atoms. The number of rotatable bonds is 5. The number of piperazine rings is 1. The fraction of sp³-hybridized carbons (Fsp3) is 0.400. The van der Waals surface area contributed by atoms with Gasteiger partial charge in [-0.25, -0.2) is 13.5 Å². The van der Waals surface area contributed by atoms with Crippen molar-refractivity contribution in [3.63, 3.8) is 0 Å². The molecule has 3 aromatic rings. The van der Waals surface area contributed by atoms with Crippen LogP contribution >= 0.6 is 0 Å². The third kappa shape index (κ3) is 4.58. The van der Waals surface area contributed by atoms with Gasteiger partial charge in [0.25, 0.3) is 0 Å². The average Bonchev–Trinajstić information content (AvgIpc) is 3.18. The number of aromatic nitrogens is 4. The maximum atomic E-state index is 14.2. The van der Waals surface area contributed by atoms with Crippen LogP contribution in [0.3, 0.4) is 0 Å². The van der Waals surface area contributed by atoms with Crippen LogP contribution in [-0.4, -0.2) is 71.0 Å². The van der Waals surface area contributed by atoms with E-state index in [1.165, 1.54) is 6.07 Å². The molecule has 2 aromatic heterocycles. The summed E-state index contributed by atoms with van der Waals surface area (Å²) < 4.78 is 29.8. The van der Waals surface area contributed by atoms with Gasteiger partial charge in [-0.15, -0.1) is 0 Å². The van der Waals surface area contributed by atoms with Crippen LogP contribution in [0.1, 0.15) is 23.2 Å². The molecule has 184 valence electrons. The van der Waals surface area contributed by atoms with Crippen molar-refractivity contribution < 1.29 is 8.78 Å². The van der Waals surface area contributed by atoms with Crippen molar-refractivity contribution >= 4 is 23.5 Å². The predicted octanol–water partition coefficient (Wildman–Crippen LogP) is 3.05. The second-order valence-corrected chi connectivity index (χ2v) is 9.37. The molecule has 1 saturated heterocycles. The first-order chi connectivity index (χ1) is 16.8. The van der Waals surface area contributed by atoms with Gasteiger partial charge in [0, 0.05) is 75.3 Å². The Morgan fingerprint density at radius 2 is 2.00 bits per heavy atom. The summed E-state index contributed by atoms with van der Waals surface area (Å²) in [5.74, 6) is 0.607. The number of hydrogen-bond acceptors (Lipinski definition) is 7. The summed E-state index contributed by atoms with van der Waals surface area (Å²) >= 11 is 0. The summed E-state index contributed by atoms with van der Waals surface area (Å²) in [5, 5.41) is 4.50. The molecule has 0 aliphatic carbocycles. The molecule has 8 nitrogen and oxygen atoms in total. The van der Waals surface area contributed by atoms with E-state index in [-0.39, 0.29) is 12.0 Å². The molecule has 1 fully saturated rings. The number of fused-ring (bicyclic) bond motifs is 3. The van der Waals surface area contributed by atoms with Crippen molar-refractivity contribution in [2.24, 2.45) is 0 Å². The van der Waals surface area contributed by atoms with Gasteiger partial charge in [-0.05, 0) is 25.8 Å². The number of nitrogen functional groups attached to an aromatic ring is 1. The summed E-state index contributed by atoms with van der Waals surface area (Å²) in [5.41, 5.74) is 9.22. The van der Waals surface area contributed by atoms with E-state index < -0.39 is 11.6 Å². The van der Waals surface area contributed by atoms with Gasteiger partial charge in [-0.3, -0.25) is 4.90 Å². The fourth-order valence-corrected chi connectivity index (χ4v) is 4.98. The minimum absolute atomic E-state index is 0.202. The molecule has 0 amide bonds. The van der Waals surface area contributed by atoms with E-state index in [1.807, 2.05) is 38.2 Å². The summed E-state index contributed by atoms with van der Waals surface area (Å²) in [7, 11) is 3.80. The van der Waals surface area contributed by atoms with Gasteiger partial charge in [0.2, 0.25) is 5.95 Å². The van der Waals surface area contributed by atoms with E-state index in [2.05, 4.69) is 37.0 Å². The molecule has 35 heavy (non-hydrogen) atoms. The number of nitrogens with zero attached hydrogens (tertiary/aromatic N) is 7. The van der Waals surface area contributed by atoms with E-state index >= 15 is 0 Å². The second kappa shape index (κ2) is 9.26. The van der Waals surface area contributed by atoms with Gasteiger partial charge < -0.3 is 15.5 Å². The fourth-order valence-electron chi connectivity index (χ4n) is 4.98. The summed E-state index contributed by atoms with van der Waals surface area (Å²) in [6, 6.07) is 4.59. The lowest BCUT2D eigenvalue weighted by Crippen LogP contribution is -2.55. The zero-order chi connectivity index (χ0) is 24.7. The highest BCUT2D eigenvalue weighted by atomic mass is 19.1. The van der Waals surface area contributed by atoms with Gasteiger partial charge in [-0.2, -0.15) is 15.1 Å². The maximum absolute atomic E-state index is 14.2. The third-order valence-corrected chi connectivity index (χ3v) is 6.84. The topological polar surface area (TPSA) is 79.3 Å². The quantitative estimate of drug-likeness (QED) is 0.601. The first-order valence-electron chi connectivity index (χ1n) is 11.8. The number of halogens is 2. The molecule has 2 aliphatic heterocycles. The van der Waals surface area contributed by atoms with E-state index in [0.717, 1.165) is 61.4 Å². The minimum Gasteiger partial charge on any atom is -0.368 e. The smallest absolute Gasteiger partial charge is 0.224 e. The van der Waals surface area contributed by atoms with E-state index in [0.29, 0.717) is 17.8 Å². The first-order valence-corrected chi connectivity index (χ1v) is 11.8. The van der Waals surface area contributed by atoms with Gasteiger partial charge in [-0.1, -0.05) is 12.2 Å². The van der Waals surface area contributed by atoms with E-state index in [9.17, 15) is 8.78 Å². The highest BCUT2D eigenvalue weighted by Crippen LogP contribution is 2.35. The molecule has 0 spiro atoms. The van der Waals surface area contributed by atoms with Crippen LogP contribution < -0.4 is 15.5 Å². The molecular formula is C25H30F2N8. The maximum Gasteiger partial charge on any atom is 0.224 e. The van der Waals surface area contributed by atoms with Crippen LogP contribution in [0.4, 0.5) is 26.2 Å². The normalized spacial score (nSPS) is 18.1. The van der Waals surface area contributed by atoms with Crippen molar-refractivity contribution in [3.8, 4) is 5.82 Å². The van der Waals surface area contributed by atoms with Crippen LogP contribution in [-0.2, 0) is 6.42 Å². The zero-order valence-corrected chi connectivity index (χ0v) is 20.2. The van der Waals surface area contributed by atoms with Crippen molar-refractivity contribution in [2.45, 2.75) is 25.8 Å². The molecule has 2 N–H and O–H groups in total. The minimum atomic E-state index is -0.509. The third-order valence-electron chi connectivity index (χ3n) is 6.84. The van der Waals surface area contributed by atoms with Crippen LogP contribution in [0.25, 0.3) is 11.9 Å². The molecular weight excluding hydrogens is 450 g/mol. The number of benzene rings is 1. The van der Waals surface area contributed by atoms with Crippen molar-refractivity contribution in [2.75, 3.05) is 55.8 Å². The largest absolute Gasteiger partial charge is 0.368 e. The summed E-state index contributed by atoms with van der Waals surface area (Å²) in [4.78, 5) is 15.0. The Morgan fingerprint density at radius 3 is 2.80 bits per heavy atom. The number of anilines is 3. The van der Waals surface area contributed by atoms with Crippen molar-refractivity contribution in [1.82, 2.24) is 24.6 Å². The standard InChI is InChI=1S/C25H30F2N8/c1-16-17(14-29-35(16)24-13-23(32(2)3)30-25(28)31-24)5-4-8-33-9-10-34-19(15-33)6-7-20-21(27)11-18(26)12-22(20)34/h4-5,11-14,19H,6-10,15H2,1-3H3,(H2,28,30,31). The Kier molecular flexibility index (Phi) is 6.14. The molecule has 10 heteroatoms. The molecule has 4 heterocycles. The number of nitrogens with two attached hydrogens (primary N) is 1. The summed E-state index contributed by atoms with van der Waals surface area (Å²) in [6.07, 6.45) is 7.55. The van der Waals surface area contributed by atoms with Gasteiger partial charge in [0.05, 0.1) is 11.9 Å². The predicted molar refractivity (Wildman–Crippen MR) is 134 cm³/mol. The van der Waals surface area contributed by atoms with E-state index in [4.69, 9.17) is 5.73 Å². The van der Waals surface area contributed by atoms with Crippen LogP contribution in [0.5, 0.6) is 0 Å². The summed E-state index contributed by atoms with van der Waals surface area (Å²) in [6.45, 7) is 5.26. The van der Waals surface area contributed by atoms with Crippen molar-refractivity contribution in [1.29, 1.82) is 0 Å². The molecule has 0 saturated carbocycles. The van der Waals surface area contributed by atoms with Gasteiger partial charge in [0.15, 0.2) is 5.82 Å². The Morgan fingerprint density at radius 1 is 1.17 bits per heavy atom. The average molecular weight is 481 g/mol. The Hall–Kier alpha value is -3.53. The second-order valence-electron chi connectivity index (χ2n) is 9.37. The van der Waals surface area contributed by atoms with E-state index in [1.54, 1.807) is 4.68 Å². The van der Waals surface area contributed by atoms with Crippen LogP contribution in [0.2, 0.25) is 0 Å². The molecule has 0 radical (unpaired) electrons. The highest BCUT2D eigenvalue weighted by molar-refractivity contribution is 5.58. The zero-order valence-electron chi connectivity index (χ0n) is 20.2. The Balaban J connectivity index is 1.25. The lowest BCUT2D eigenvalue weighted by Gasteiger charge is -2.46. The molecule has 1 atom stereocenters. The molecule has 1 aromatic carbocycles. The van der Waals surface area contributed by atoms with Crippen LogP contribution in [0.15, 0.2) is 30.5 Å². The molecule has 1 unspecified atom stereocenters. The molecule has 2 aliphatic rings. The Bertz CT molecular complexity index is 1270. The lowest BCUT2D eigenvalue weighted by molar-refractivity contribution is 0.233. The highest BCUT2D eigenvalue weighted by Gasteiger charge is 2.33. The first kappa shape index (κ1) is 23.2. The monoisotopic (exact) mass is 480 g/mol. The van der Waals surface area contributed by atoms with Crippen molar-refractivity contribution in [3.05, 3.63) is 58.9 Å². The Labute approximate surface area is 203 Å². The van der Waals surface area contributed by atoms with Gasteiger partial charge >= 0.3 is 0 Å². The van der Waals surface area contributed by atoms with Gasteiger partial charge in [0.1, 0.15) is 17.5 Å².